The summed E-state index contributed by atoms with van der Waals surface area (Å²) in [4.78, 5) is 12.4. The van der Waals surface area contributed by atoms with Crippen LogP contribution in [0.4, 0.5) is 11.4 Å². The van der Waals surface area contributed by atoms with Crippen LogP contribution in [0, 0.1) is 10.1 Å². The van der Waals surface area contributed by atoms with Gasteiger partial charge >= 0.3 is 0 Å². The fourth-order valence-electron chi connectivity index (χ4n) is 2.22. The Labute approximate surface area is 117 Å². The summed E-state index contributed by atoms with van der Waals surface area (Å²) in [5.74, 6) is 0. The number of hydrogen-bond donors (Lipinski definition) is 0. The highest BCUT2D eigenvalue weighted by atomic mass is 35.5. The Balaban J connectivity index is 2.24. The Kier molecular flexibility index (Phi) is 3.96. The molecule has 0 saturated carbocycles. The predicted molar refractivity (Wildman–Crippen MR) is 75.0 cm³/mol. The summed E-state index contributed by atoms with van der Waals surface area (Å²) in [6, 6.07) is 4.59. The predicted octanol–water partition coefficient (Wildman–Crippen LogP) is 3.25. The van der Waals surface area contributed by atoms with Crippen LogP contribution < -0.4 is 4.90 Å². The van der Waals surface area contributed by atoms with Crippen molar-refractivity contribution in [3.05, 3.63) is 33.3 Å². The number of rotatable bonds is 3. The molecular formula is C13H17ClN2O3. The fraction of sp³-hybridized carbons (Fsp3) is 0.538. The van der Waals surface area contributed by atoms with Gasteiger partial charge in [0.05, 0.1) is 27.8 Å². The largest absolute Gasteiger partial charge is 0.372 e. The molecule has 0 N–H and O–H groups in total. The molecule has 1 heterocycles. The van der Waals surface area contributed by atoms with Crippen molar-refractivity contribution in [2.24, 2.45) is 0 Å². The van der Waals surface area contributed by atoms with Crippen molar-refractivity contribution in [2.45, 2.75) is 25.9 Å². The van der Waals surface area contributed by atoms with E-state index < -0.39 is 4.92 Å². The average Bonchev–Trinajstić information content (AvgIpc) is 2.38. The molecule has 1 aliphatic heterocycles. The van der Waals surface area contributed by atoms with Crippen molar-refractivity contribution < 1.29 is 9.66 Å². The Morgan fingerprint density at radius 3 is 2.89 bits per heavy atom. The Hall–Kier alpha value is -1.33. The van der Waals surface area contributed by atoms with Crippen molar-refractivity contribution in [3.8, 4) is 0 Å². The van der Waals surface area contributed by atoms with Crippen LogP contribution in [0.15, 0.2) is 18.2 Å². The first-order chi connectivity index (χ1) is 8.95. The molecule has 1 unspecified atom stereocenters. The van der Waals surface area contributed by atoms with E-state index in [-0.39, 0.29) is 11.3 Å². The lowest BCUT2D eigenvalue weighted by atomic mass is 10.0. The van der Waals surface area contributed by atoms with Gasteiger partial charge in [0.2, 0.25) is 0 Å². The summed E-state index contributed by atoms with van der Waals surface area (Å²) < 4.78 is 5.78. The first-order valence-corrected chi connectivity index (χ1v) is 6.66. The van der Waals surface area contributed by atoms with E-state index in [0.29, 0.717) is 11.6 Å². The zero-order chi connectivity index (χ0) is 14.0. The molecule has 0 bridgehead atoms. The van der Waals surface area contributed by atoms with Crippen LogP contribution >= 0.6 is 11.6 Å². The van der Waals surface area contributed by atoms with Gasteiger partial charge in [-0.3, -0.25) is 10.1 Å². The first-order valence-electron chi connectivity index (χ1n) is 6.28. The van der Waals surface area contributed by atoms with Crippen LogP contribution in [0.3, 0.4) is 0 Å². The summed E-state index contributed by atoms with van der Waals surface area (Å²) in [7, 11) is 0. The molecule has 0 amide bonds. The third-order valence-corrected chi connectivity index (χ3v) is 3.87. The van der Waals surface area contributed by atoms with Crippen molar-refractivity contribution in [3.63, 3.8) is 0 Å². The normalized spacial score (nSPS) is 23.4. The molecule has 5 nitrogen and oxygen atoms in total. The number of non-ortho nitro benzene ring substituents is 1. The lowest BCUT2D eigenvalue weighted by Crippen LogP contribution is -2.49. The van der Waals surface area contributed by atoms with Crippen LogP contribution in [0.1, 0.15) is 20.3 Å². The maximum Gasteiger partial charge on any atom is 0.271 e. The number of ether oxygens (including phenoxy) is 1. The lowest BCUT2D eigenvalue weighted by molar-refractivity contribution is -0.384. The highest BCUT2D eigenvalue weighted by Gasteiger charge is 2.31. The highest BCUT2D eigenvalue weighted by molar-refractivity contribution is 6.33. The molecular weight excluding hydrogens is 268 g/mol. The van der Waals surface area contributed by atoms with E-state index in [4.69, 9.17) is 16.3 Å². The van der Waals surface area contributed by atoms with E-state index >= 15 is 0 Å². The smallest absolute Gasteiger partial charge is 0.271 e. The van der Waals surface area contributed by atoms with Gasteiger partial charge in [-0.1, -0.05) is 18.5 Å². The minimum Gasteiger partial charge on any atom is -0.372 e. The summed E-state index contributed by atoms with van der Waals surface area (Å²) in [5, 5.41) is 11.1. The van der Waals surface area contributed by atoms with Crippen LogP contribution in [0.25, 0.3) is 0 Å². The minimum atomic E-state index is -0.439. The molecule has 1 saturated heterocycles. The minimum absolute atomic E-state index is 0.0141. The topological polar surface area (TPSA) is 55.6 Å². The van der Waals surface area contributed by atoms with E-state index in [9.17, 15) is 10.1 Å². The first kappa shape index (κ1) is 14.1. The molecule has 2 rings (SSSR count). The molecule has 1 atom stereocenters. The van der Waals surface area contributed by atoms with E-state index in [1.54, 1.807) is 6.07 Å². The van der Waals surface area contributed by atoms with E-state index in [2.05, 4.69) is 18.7 Å². The second kappa shape index (κ2) is 5.35. The van der Waals surface area contributed by atoms with Gasteiger partial charge in [0.1, 0.15) is 0 Å². The van der Waals surface area contributed by atoms with Gasteiger partial charge < -0.3 is 9.64 Å². The number of halogens is 1. The molecule has 0 spiro atoms. The third kappa shape index (κ3) is 2.98. The number of anilines is 1. The molecule has 1 aliphatic rings. The molecule has 0 aromatic heterocycles. The SMILES string of the molecule is CCC1(C)CN(c2ccc([N+](=O)[O-])cc2Cl)CCO1. The highest BCUT2D eigenvalue weighted by Crippen LogP contribution is 2.33. The molecule has 1 fully saturated rings. The maximum absolute atomic E-state index is 10.7. The molecule has 0 aliphatic carbocycles. The van der Waals surface area contributed by atoms with Gasteiger partial charge in [-0.25, -0.2) is 0 Å². The standard InChI is InChI=1S/C13H17ClN2O3/c1-3-13(2)9-15(6-7-19-13)12-5-4-10(16(17)18)8-11(12)14/h4-5,8H,3,6-7,9H2,1-2H3. The Morgan fingerprint density at radius 2 is 2.32 bits per heavy atom. The fourth-order valence-corrected chi connectivity index (χ4v) is 2.51. The number of nitro groups is 1. The zero-order valence-electron chi connectivity index (χ0n) is 11.1. The molecule has 6 heteroatoms. The van der Waals surface area contributed by atoms with Gasteiger partial charge in [0.15, 0.2) is 0 Å². The summed E-state index contributed by atoms with van der Waals surface area (Å²) in [5.41, 5.74) is 0.652. The van der Waals surface area contributed by atoms with Gasteiger partial charge in [0.25, 0.3) is 5.69 Å². The van der Waals surface area contributed by atoms with Crippen LogP contribution in [-0.4, -0.2) is 30.2 Å². The monoisotopic (exact) mass is 284 g/mol. The molecule has 19 heavy (non-hydrogen) atoms. The second-order valence-corrected chi connectivity index (χ2v) is 5.37. The maximum atomic E-state index is 10.7. The average molecular weight is 285 g/mol. The number of nitro benzene ring substituents is 1. The lowest BCUT2D eigenvalue weighted by Gasteiger charge is -2.41. The zero-order valence-corrected chi connectivity index (χ0v) is 11.8. The summed E-state index contributed by atoms with van der Waals surface area (Å²) >= 11 is 6.16. The molecule has 1 aromatic rings. The molecule has 104 valence electrons. The van der Waals surface area contributed by atoms with Gasteiger partial charge in [-0.05, 0) is 19.4 Å². The Morgan fingerprint density at radius 1 is 1.58 bits per heavy atom. The number of hydrogen-bond acceptors (Lipinski definition) is 4. The van der Waals surface area contributed by atoms with Crippen LogP contribution in [-0.2, 0) is 4.74 Å². The van der Waals surface area contributed by atoms with E-state index in [1.807, 2.05) is 0 Å². The van der Waals surface area contributed by atoms with Crippen molar-refractivity contribution in [1.29, 1.82) is 0 Å². The van der Waals surface area contributed by atoms with Crippen molar-refractivity contribution >= 4 is 23.0 Å². The summed E-state index contributed by atoms with van der Waals surface area (Å²) in [6.45, 7) is 6.27. The van der Waals surface area contributed by atoms with E-state index in [0.717, 1.165) is 25.2 Å². The van der Waals surface area contributed by atoms with Crippen molar-refractivity contribution in [2.75, 3.05) is 24.6 Å². The summed E-state index contributed by atoms with van der Waals surface area (Å²) in [6.07, 6.45) is 0.911. The third-order valence-electron chi connectivity index (χ3n) is 3.57. The van der Waals surface area contributed by atoms with Gasteiger partial charge in [0, 0.05) is 25.2 Å². The molecule has 1 aromatic carbocycles. The van der Waals surface area contributed by atoms with E-state index in [1.165, 1.54) is 12.1 Å². The van der Waals surface area contributed by atoms with Crippen molar-refractivity contribution in [1.82, 2.24) is 0 Å². The van der Waals surface area contributed by atoms with Crippen LogP contribution in [0.2, 0.25) is 5.02 Å². The molecule has 0 radical (unpaired) electrons. The number of nitrogens with zero attached hydrogens (tertiary/aromatic N) is 2. The number of morpholine rings is 1. The van der Waals surface area contributed by atoms with Gasteiger partial charge in [-0.15, -0.1) is 0 Å². The van der Waals surface area contributed by atoms with Crippen LogP contribution in [0.5, 0.6) is 0 Å². The quantitative estimate of drug-likeness (QED) is 0.631. The second-order valence-electron chi connectivity index (χ2n) is 4.97. The van der Waals surface area contributed by atoms with Gasteiger partial charge in [-0.2, -0.15) is 0 Å². The number of benzene rings is 1. The Bertz CT molecular complexity index is 495.